The van der Waals surface area contributed by atoms with Crippen molar-refractivity contribution in [1.29, 1.82) is 0 Å². The SMILES string of the molecule is COc1ccccc1C(CNC(=O)C=C(C)C)NC(=O)C=C(C)C. The highest BCUT2D eigenvalue weighted by Crippen LogP contribution is 2.24. The summed E-state index contributed by atoms with van der Waals surface area (Å²) in [5.41, 5.74) is 2.63. The summed E-state index contributed by atoms with van der Waals surface area (Å²) in [6.45, 7) is 7.69. The predicted octanol–water partition coefficient (Wildman–Crippen LogP) is 2.90. The molecule has 0 aliphatic carbocycles. The number of methoxy groups -OCH3 is 1. The number of ether oxygens (including phenoxy) is 1. The molecule has 0 bridgehead atoms. The van der Waals surface area contributed by atoms with Crippen LogP contribution in [0, 0.1) is 0 Å². The van der Waals surface area contributed by atoms with Crippen LogP contribution in [-0.2, 0) is 9.59 Å². The molecule has 5 heteroatoms. The van der Waals surface area contributed by atoms with Gasteiger partial charge in [-0.1, -0.05) is 29.3 Å². The topological polar surface area (TPSA) is 67.4 Å². The molecule has 0 saturated carbocycles. The van der Waals surface area contributed by atoms with Gasteiger partial charge in [0.1, 0.15) is 5.75 Å². The van der Waals surface area contributed by atoms with Crippen molar-refractivity contribution in [2.75, 3.05) is 13.7 Å². The Morgan fingerprint density at radius 1 is 1.04 bits per heavy atom. The Bertz CT molecular complexity index is 640. The number of allylic oxidation sites excluding steroid dienone is 2. The lowest BCUT2D eigenvalue weighted by Gasteiger charge is -2.21. The van der Waals surface area contributed by atoms with Gasteiger partial charge in [0.25, 0.3) is 0 Å². The van der Waals surface area contributed by atoms with E-state index in [9.17, 15) is 9.59 Å². The smallest absolute Gasteiger partial charge is 0.244 e. The summed E-state index contributed by atoms with van der Waals surface area (Å²) in [5, 5.41) is 5.73. The third-order valence-electron chi connectivity index (χ3n) is 3.15. The molecule has 1 atom stereocenters. The van der Waals surface area contributed by atoms with Crippen LogP contribution in [0.1, 0.15) is 39.3 Å². The molecule has 5 nitrogen and oxygen atoms in total. The minimum absolute atomic E-state index is 0.189. The first-order valence-corrected chi connectivity index (χ1v) is 7.84. The van der Waals surface area contributed by atoms with E-state index in [1.54, 1.807) is 7.11 Å². The van der Waals surface area contributed by atoms with Crippen molar-refractivity contribution in [3.05, 3.63) is 53.1 Å². The first kappa shape index (κ1) is 19.5. The fourth-order valence-corrected chi connectivity index (χ4v) is 2.18. The van der Waals surface area contributed by atoms with Crippen LogP contribution in [0.5, 0.6) is 5.75 Å². The Morgan fingerprint density at radius 3 is 2.21 bits per heavy atom. The van der Waals surface area contributed by atoms with E-state index in [0.29, 0.717) is 5.75 Å². The fourth-order valence-electron chi connectivity index (χ4n) is 2.18. The van der Waals surface area contributed by atoms with Crippen LogP contribution >= 0.6 is 0 Å². The zero-order valence-electron chi connectivity index (χ0n) is 15.0. The number of carbonyl (C=O) groups is 2. The molecule has 1 aromatic rings. The van der Waals surface area contributed by atoms with E-state index in [1.807, 2.05) is 52.0 Å². The normalized spacial score (nSPS) is 11.0. The average molecular weight is 330 g/mol. The molecule has 0 spiro atoms. The molecule has 0 fully saturated rings. The van der Waals surface area contributed by atoms with Gasteiger partial charge in [-0.15, -0.1) is 0 Å². The summed E-state index contributed by atoms with van der Waals surface area (Å²) < 4.78 is 5.37. The molecular formula is C19H26N2O3. The van der Waals surface area contributed by atoms with E-state index >= 15 is 0 Å². The van der Waals surface area contributed by atoms with E-state index in [2.05, 4.69) is 10.6 Å². The summed E-state index contributed by atoms with van der Waals surface area (Å²) in [5.74, 6) is 0.269. The lowest BCUT2D eigenvalue weighted by molar-refractivity contribution is -0.119. The predicted molar refractivity (Wildman–Crippen MR) is 95.7 cm³/mol. The average Bonchev–Trinajstić information content (AvgIpc) is 2.50. The number of hydrogen-bond acceptors (Lipinski definition) is 3. The van der Waals surface area contributed by atoms with Gasteiger partial charge in [0, 0.05) is 24.3 Å². The maximum absolute atomic E-state index is 12.1. The summed E-state index contributed by atoms with van der Waals surface area (Å²) in [6.07, 6.45) is 3.05. The van der Waals surface area contributed by atoms with Gasteiger partial charge in [-0.3, -0.25) is 9.59 Å². The lowest BCUT2D eigenvalue weighted by Crippen LogP contribution is -2.37. The van der Waals surface area contributed by atoms with Crippen molar-refractivity contribution in [2.24, 2.45) is 0 Å². The van der Waals surface area contributed by atoms with Crippen LogP contribution in [-0.4, -0.2) is 25.5 Å². The van der Waals surface area contributed by atoms with Crippen molar-refractivity contribution < 1.29 is 14.3 Å². The Balaban J connectivity index is 2.99. The van der Waals surface area contributed by atoms with Crippen LogP contribution < -0.4 is 15.4 Å². The van der Waals surface area contributed by atoms with E-state index in [-0.39, 0.29) is 18.4 Å². The molecule has 0 radical (unpaired) electrons. The molecule has 24 heavy (non-hydrogen) atoms. The van der Waals surface area contributed by atoms with Crippen molar-refractivity contribution in [1.82, 2.24) is 10.6 Å². The summed E-state index contributed by atoms with van der Waals surface area (Å²) in [7, 11) is 1.58. The van der Waals surface area contributed by atoms with Gasteiger partial charge in [-0.05, 0) is 33.8 Å². The molecule has 0 aromatic heterocycles. The number of benzene rings is 1. The van der Waals surface area contributed by atoms with Gasteiger partial charge in [-0.2, -0.15) is 0 Å². The maximum atomic E-state index is 12.1. The van der Waals surface area contributed by atoms with E-state index in [0.717, 1.165) is 16.7 Å². The second kappa shape index (κ2) is 9.55. The van der Waals surface area contributed by atoms with Gasteiger partial charge in [-0.25, -0.2) is 0 Å². The van der Waals surface area contributed by atoms with Crippen LogP contribution in [0.15, 0.2) is 47.6 Å². The van der Waals surface area contributed by atoms with Crippen LogP contribution in [0.3, 0.4) is 0 Å². The van der Waals surface area contributed by atoms with Crippen LogP contribution in [0.2, 0.25) is 0 Å². The molecule has 0 aliphatic heterocycles. The first-order chi connectivity index (χ1) is 11.3. The van der Waals surface area contributed by atoms with Gasteiger partial charge in [0.2, 0.25) is 11.8 Å². The highest BCUT2D eigenvalue weighted by molar-refractivity contribution is 5.89. The number of carbonyl (C=O) groups excluding carboxylic acids is 2. The number of amides is 2. The van der Waals surface area contributed by atoms with Crippen molar-refractivity contribution in [3.63, 3.8) is 0 Å². The minimum Gasteiger partial charge on any atom is -0.496 e. The highest BCUT2D eigenvalue weighted by atomic mass is 16.5. The lowest BCUT2D eigenvalue weighted by atomic mass is 10.1. The fraction of sp³-hybridized carbons (Fsp3) is 0.368. The second-order valence-electron chi connectivity index (χ2n) is 5.99. The van der Waals surface area contributed by atoms with Gasteiger partial charge in [0.05, 0.1) is 13.2 Å². The zero-order chi connectivity index (χ0) is 18.1. The zero-order valence-corrected chi connectivity index (χ0v) is 15.0. The highest BCUT2D eigenvalue weighted by Gasteiger charge is 2.18. The molecule has 0 heterocycles. The quantitative estimate of drug-likeness (QED) is 0.755. The molecule has 1 unspecified atom stereocenters. The van der Waals surface area contributed by atoms with Crippen LogP contribution in [0.25, 0.3) is 0 Å². The monoisotopic (exact) mass is 330 g/mol. The van der Waals surface area contributed by atoms with E-state index in [1.165, 1.54) is 12.2 Å². The maximum Gasteiger partial charge on any atom is 0.244 e. The van der Waals surface area contributed by atoms with Crippen molar-refractivity contribution in [3.8, 4) is 5.75 Å². The Morgan fingerprint density at radius 2 is 1.62 bits per heavy atom. The Labute approximate surface area is 143 Å². The molecule has 0 saturated heterocycles. The molecule has 1 rings (SSSR count). The third kappa shape index (κ3) is 6.69. The third-order valence-corrected chi connectivity index (χ3v) is 3.15. The van der Waals surface area contributed by atoms with Crippen LogP contribution in [0.4, 0.5) is 0 Å². The standard InChI is InChI=1S/C19H26N2O3/c1-13(2)10-18(22)20-12-16(21-19(23)11-14(3)4)15-8-6-7-9-17(15)24-5/h6-11,16H,12H2,1-5H3,(H,20,22)(H,21,23). The Hall–Kier alpha value is -2.56. The van der Waals surface area contributed by atoms with Crippen molar-refractivity contribution >= 4 is 11.8 Å². The summed E-state index contributed by atoms with van der Waals surface area (Å²) in [4.78, 5) is 24.0. The minimum atomic E-state index is -0.390. The largest absolute Gasteiger partial charge is 0.496 e. The molecule has 1 aromatic carbocycles. The molecule has 130 valence electrons. The number of nitrogens with one attached hydrogen (secondary N) is 2. The summed E-state index contributed by atoms with van der Waals surface area (Å²) >= 11 is 0. The van der Waals surface area contributed by atoms with E-state index in [4.69, 9.17) is 4.74 Å². The molecular weight excluding hydrogens is 304 g/mol. The number of rotatable bonds is 7. The molecule has 2 N–H and O–H groups in total. The second-order valence-corrected chi connectivity index (χ2v) is 5.99. The van der Waals surface area contributed by atoms with Gasteiger partial charge in [0.15, 0.2) is 0 Å². The first-order valence-electron chi connectivity index (χ1n) is 7.84. The molecule has 2 amide bonds. The summed E-state index contributed by atoms with van der Waals surface area (Å²) in [6, 6.07) is 7.04. The number of para-hydroxylation sites is 1. The Kier molecular flexibility index (Phi) is 7.75. The molecule has 0 aliphatic rings. The van der Waals surface area contributed by atoms with Gasteiger partial charge < -0.3 is 15.4 Å². The van der Waals surface area contributed by atoms with Gasteiger partial charge >= 0.3 is 0 Å². The van der Waals surface area contributed by atoms with E-state index < -0.39 is 6.04 Å². The van der Waals surface area contributed by atoms with Crippen molar-refractivity contribution in [2.45, 2.75) is 33.7 Å². The number of hydrogen-bond donors (Lipinski definition) is 2.